The molecule has 6 nitrogen and oxygen atoms in total. The molecule has 0 aliphatic rings. The Balaban J connectivity index is 4.51. The Morgan fingerprint density at radius 2 is 0.522 bits per heavy atom. The summed E-state index contributed by atoms with van der Waals surface area (Å²) < 4.78 is 16.8. The van der Waals surface area contributed by atoms with E-state index in [0.29, 0.717) is 19.3 Å². The lowest BCUT2D eigenvalue weighted by molar-refractivity contribution is -0.167. The SMILES string of the molecule is CCCCC/C=C\C/C=C\C/C=C\C/C=C\CCCCCC(=O)OC[C@@H](COC(=O)CCCCCCC/C=C\CCCCCCCC)OC(=O)CCCCCC/C=C\C/C=C\C/C=C\CCCCC. The summed E-state index contributed by atoms with van der Waals surface area (Å²) >= 11 is 0. The highest BCUT2D eigenvalue weighted by atomic mass is 16.6. The van der Waals surface area contributed by atoms with Gasteiger partial charge in [0.05, 0.1) is 0 Å². The lowest BCUT2D eigenvalue weighted by Crippen LogP contribution is -2.30. The van der Waals surface area contributed by atoms with Crippen molar-refractivity contribution in [3.63, 3.8) is 0 Å². The molecule has 0 radical (unpaired) electrons. The maximum absolute atomic E-state index is 12.8. The van der Waals surface area contributed by atoms with Crippen molar-refractivity contribution in [3.05, 3.63) is 97.2 Å². The zero-order chi connectivity index (χ0) is 50.0. The van der Waals surface area contributed by atoms with E-state index in [4.69, 9.17) is 14.2 Å². The van der Waals surface area contributed by atoms with Crippen LogP contribution in [0.3, 0.4) is 0 Å². The summed E-state index contributed by atoms with van der Waals surface area (Å²) in [5, 5.41) is 0. The first-order valence-corrected chi connectivity index (χ1v) is 28.7. The van der Waals surface area contributed by atoms with Gasteiger partial charge in [-0.3, -0.25) is 14.4 Å². The summed E-state index contributed by atoms with van der Waals surface area (Å²) in [7, 11) is 0. The number of unbranched alkanes of at least 4 members (excludes halogenated alkanes) is 24. The molecular formula is C63H106O6. The molecule has 0 aliphatic heterocycles. The number of carbonyl (C=O) groups excluding carboxylic acids is 3. The number of hydrogen-bond acceptors (Lipinski definition) is 6. The van der Waals surface area contributed by atoms with Gasteiger partial charge in [0.25, 0.3) is 0 Å². The smallest absolute Gasteiger partial charge is 0.306 e. The number of carbonyl (C=O) groups is 3. The van der Waals surface area contributed by atoms with E-state index in [0.717, 1.165) is 122 Å². The van der Waals surface area contributed by atoms with Gasteiger partial charge in [-0.2, -0.15) is 0 Å². The zero-order valence-corrected chi connectivity index (χ0v) is 45.0. The monoisotopic (exact) mass is 959 g/mol. The van der Waals surface area contributed by atoms with E-state index in [1.165, 1.54) is 103 Å². The quantitative estimate of drug-likeness (QED) is 0.0262. The summed E-state index contributed by atoms with van der Waals surface area (Å²) in [4.78, 5) is 38.1. The van der Waals surface area contributed by atoms with Gasteiger partial charge in [-0.25, -0.2) is 0 Å². The molecule has 1 atom stereocenters. The lowest BCUT2D eigenvalue weighted by Gasteiger charge is -2.18. The van der Waals surface area contributed by atoms with Crippen LogP contribution in [0, 0.1) is 0 Å². The van der Waals surface area contributed by atoms with Crippen LogP contribution in [0.5, 0.6) is 0 Å². The van der Waals surface area contributed by atoms with Crippen LogP contribution in [0.15, 0.2) is 97.2 Å². The van der Waals surface area contributed by atoms with E-state index in [1.54, 1.807) is 0 Å². The Hall–Kier alpha value is -3.67. The molecule has 6 heteroatoms. The molecule has 0 unspecified atom stereocenters. The molecule has 0 spiro atoms. The predicted octanol–water partition coefficient (Wildman–Crippen LogP) is 19.3. The summed E-state index contributed by atoms with van der Waals surface area (Å²) in [6.07, 6.45) is 75.3. The number of hydrogen-bond donors (Lipinski definition) is 0. The Kier molecular flexibility index (Phi) is 53.9. The topological polar surface area (TPSA) is 78.9 Å². The van der Waals surface area contributed by atoms with Crippen LogP contribution >= 0.6 is 0 Å². The molecule has 0 saturated carbocycles. The van der Waals surface area contributed by atoms with Gasteiger partial charge in [-0.05, 0) is 128 Å². The molecule has 0 amide bonds. The van der Waals surface area contributed by atoms with Gasteiger partial charge < -0.3 is 14.2 Å². The molecule has 0 saturated heterocycles. The van der Waals surface area contributed by atoms with Crippen molar-refractivity contribution in [2.45, 2.75) is 271 Å². The fourth-order valence-corrected chi connectivity index (χ4v) is 7.66. The molecule has 394 valence electrons. The minimum absolute atomic E-state index is 0.102. The van der Waals surface area contributed by atoms with E-state index >= 15 is 0 Å². The van der Waals surface area contributed by atoms with Crippen molar-refractivity contribution in [1.29, 1.82) is 0 Å². The molecule has 69 heavy (non-hydrogen) atoms. The second-order valence-electron chi connectivity index (χ2n) is 18.8. The van der Waals surface area contributed by atoms with Gasteiger partial charge in [0.1, 0.15) is 13.2 Å². The van der Waals surface area contributed by atoms with Gasteiger partial charge in [-0.15, -0.1) is 0 Å². The van der Waals surface area contributed by atoms with Gasteiger partial charge in [0.15, 0.2) is 6.10 Å². The fourth-order valence-electron chi connectivity index (χ4n) is 7.66. The Morgan fingerprint density at radius 3 is 0.870 bits per heavy atom. The van der Waals surface area contributed by atoms with Gasteiger partial charge in [0, 0.05) is 19.3 Å². The first-order chi connectivity index (χ1) is 34.0. The van der Waals surface area contributed by atoms with Crippen molar-refractivity contribution < 1.29 is 28.6 Å². The van der Waals surface area contributed by atoms with Crippen LogP contribution in [-0.2, 0) is 28.6 Å². The molecule has 0 aromatic rings. The van der Waals surface area contributed by atoms with Crippen LogP contribution < -0.4 is 0 Å². The average molecular weight is 960 g/mol. The average Bonchev–Trinajstić information content (AvgIpc) is 3.35. The summed E-state index contributed by atoms with van der Waals surface area (Å²) in [5.74, 6) is -0.961. The highest BCUT2D eigenvalue weighted by Crippen LogP contribution is 2.13. The van der Waals surface area contributed by atoms with E-state index < -0.39 is 6.10 Å². The van der Waals surface area contributed by atoms with Crippen LogP contribution in [0.1, 0.15) is 265 Å². The lowest BCUT2D eigenvalue weighted by atomic mass is 10.1. The largest absolute Gasteiger partial charge is 0.462 e. The number of allylic oxidation sites excluding steroid dienone is 16. The van der Waals surface area contributed by atoms with E-state index in [2.05, 4.69) is 118 Å². The summed E-state index contributed by atoms with van der Waals surface area (Å²) in [5.41, 5.74) is 0. The van der Waals surface area contributed by atoms with Crippen molar-refractivity contribution in [2.75, 3.05) is 13.2 Å². The van der Waals surface area contributed by atoms with Gasteiger partial charge in [0.2, 0.25) is 0 Å². The first kappa shape index (κ1) is 65.3. The number of rotatable bonds is 51. The molecule has 0 aromatic carbocycles. The molecule has 0 bridgehead atoms. The van der Waals surface area contributed by atoms with E-state index in [1.807, 2.05) is 0 Å². The maximum atomic E-state index is 12.8. The third kappa shape index (κ3) is 55.1. The van der Waals surface area contributed by atoms with E-state index in [9.17, 15) is 14.4 Å². The Morgan fingerprint density at radius 1 is 0.290 bits per heavy atom. The normalized spacial score (nSPS) is 12.8. The van der Waals surface area contributed by atoms with Crippen LogP contribution in [-0.4, -0.2) is 37.2 Å². The molecule has 0 rings (SSSR count). The zero-order valence-electron chi connectivity index (χ0n) is 45.0. The van der Waals surface area contributed by atoms with Crippen LogP contribution in [0.4, 0.5) is 0 Å². The maximum Gasteiger partial charge on any atom is 0.306 e. The molecule has 0 aliphatic carbocycles. The summed E-state index contributed by atoms with van der Waals surface area (Å²) in [6, 6.07) is 0. The summed E-state index contributed by atoms with van der Waals surface area (Å²) in [6.45, 7) is 6.53. The van der Waals surface area contributed by atoms with Crippen molar-refractivity contribution in [3.8, 4) is 0 Å². The highest BCUT2D eigenvalue weighted by Gasteiger charge is 2.19. The third-order valence-electron chi connectivity index (χ3n) is 12.0. The second kappa shape index (κ2) is 56.9. The first-order valence-electron chi connectivity index (χ1n) is 28.7. The molecule has 0 fully saturated rings. The predicted molar refractivity (Wildman–Crippen MR) is 297 cm³/mol. The Labute approximate surface area is 426 Å². The number of ether oxygens (including phenoxy) is 3. The van der Waals surface area contributed by atoms with Crippen molar-refractivity contribution in [2.24, 2.45) is 0 Å². The molecule has 0 aromatic heterocycles. The van der Waals surface area contributed by atoms with Crippen molar-refractivity contribution in [1.82, 2.24) is 0 Å². The van der Waals surface area contributed by atoms with Gasteiger partial charge in [-0.1, -0.05) is 214 Å². The third-order valence-corrected chi connectivity index (χ3v) is 12.0. The van der Waals surface area contributed by atoms with Crippen molar-refractivity contribution >= 4 is 17.9 Å². The molecule has 0 heterocycles. The minimum atomic E-state index is -0.807. The fraction of sp³-hybridized carbons (Fsp3) is 0.698. The molecular weight excluding hydrogens is 853 g/mol. The minimum Gasteiger partial charge on any atom is -0.462 e. The number of esters is 3. The second-order valence-corrected chi connectivity index (χ2v) is 18.8. The molecule has 0 N–H and O–H groups in total. The standard InChI is InChI=1S/C63H106O6/c1-4-7-10-13-16-19-22-25-28-30-31-33-35-38-41-44-47-50-53-56-62(65)68-59-60(58-67-61(64)55-52-49-46-43-40-37-34-27-24-21-18-15-12-9-6-3)69-63(66)57-54-51-48-45-42-39-36-32-29-26-23-20-17-14-11-8-5-2/h16-17,19-20,25-29,31,33-34,36,38-39,41,60H,4-15,18,21-24,30,32,35,37,40,42-59H2,1-3H3/b19-16-,20-17-,28-25-,29-26-,33-31-,34-27-,39-36-,41-38-/t60-/m1/s1. The van der Waals surface area contributed by atoms with Crippen LogP contribution in [0.25, 0.3) is 0 Å². The Bertz CT molecular complexity index is 1380. The highest BCUT2D eigenvalue weighted by molar-refractivity contribution is 5.71. The van der Waals surface area contributed by atoms with E-state index in [-0.39, 0.29) is 31.1 Å². The van der Waals surface area contributed by atoms with Gasteiger partial charge >= 0.3 is 17.9 Å². The van der Waals surface area contributed by atoms with Crippen LogP contribution in [0.2, 0.25) is 0 Å².